The average Bonchev–Trinajstić information content (AvgIpc) is 3.38. The van der Waals surface area contributed by atoms with Crippen molar-refractivity contribution in [2.45, 2.75) is 13.0 Å². The highest BCUT2D eigenvalue weighted by Gasteiger charge is 2.23. The molecule has 1 amide bonds. The van der Waals surface area contributed by atoms with Crippen molar-refractivity contribution in [2.75, 3.05) is 26.2 Å². The number of thiophene rings is 2. The van der Waals surface area contributed by atoms with Gasteiger partial charge < -0.3 is 9.42 Å². The van der Waals surface area contributed by atoms with Crippen LogP contribution in [0.1, 0.15) is 10.8 Å². The summed E-state index contributed by atoms with van der Waals surface area (Å²) in [5.41, 5.74) is 0. The molecule has 8 heteroatoms. The summed E-state index contributed by atoms with van der Waals surface area (Å²) in [6.45, 7) is 3.78. The first kappa shape index (κ1) is 16.4. The molecular formula is C17H18N4O2S2. The van der Waals surface area contributed by atoms with Gasteiger partial charge in [-0.05, 0) is 22.9 Å². The highest BCUT2D eigenvalue weighted by atomic mass is 32.1. The summed E-state index contributed by atoms with van der Waals surface area (Å²) in [7, 11) is 0. The van der Waals surface area contributed by atoms with Gasteiger partial charge in [-0.25, -0.2) is 0 Å². The van der Waals surface area contributed by atoms with Crippen LogP contribution in [0, 0.1) is 0 Å². The van der Waals surface area contributed by atoms with Crippen molar-refractivity contribution in [3.63, 3.8) is 0 Å². The van der Waals surface area contributed by atoms with Crippen molar-refractivity contribution in [1.82, 2.24) is 19.9 Å². The lowest BCUT2D eigenvalue weighted by atomic mass is 10.2. The van der Waals surface area contributed by atoms with E-state index in [1.165, 1.54) is 0 Å². The molecule has 0 unspecified atom stereocenters. The highest BCUT2D eigenvalue weighted by Crippen LogP contribution is 2.21. The third kappa shape index (κ3) is 3.97. The summed E-state index contributed by atoms with van der Waals surface area (Å²) in [4.78, 5) is 23.1. The van der Waals surface area contributed by atoms with Gasteiger partial charge >= 0.3 is 0 Å². The summed E-state index contributed by atoms with van der Waals surface area (Å²) < 4.78 is 5.36. The second kappa shape index (κ2) is 7.47. The number of carbonyl (C=O) groups excluding carboxylic acids is 1. The molecule has 4 rings (SSSR count). The second-order valence-electron chi connectivity index (χ2n) is 5.90. The number of carbonyl (C=O) groups is 1. The Labute approximate surface area is 153 Å². The van der Waals surface area contributed by atoms with E-state index in [9.17, 15) is 4.79 Å². The number of nitrogens with zero attached hydrogens (tertiary/aromatic N) is 4. The number of piperazine rings is 1. The van der Waals surface area contributed by atoms with Gasteiger partial charge in [-0.3, -0.25) is 9.69 Å². The minimum atomic E-state index is 0.208. The smallest absolute Gasteiger partial charge is 0.241 e. The molecule has 1 fully saturated rings. The largest absolute Gasteiger partial charge is 0.340 e. The molecular weight excluding hydrogens is 356 g/mol. The van der Waals surface area contributed by atoms with Crippen LogP contribution in [0.25, 0.3) is 10.7 Å². The van der Waals surface area contributed by atoms with E-state index in [0.717, 1.165) is 35.9 Å². The van der Waals surface area contributed by atoms with Gasteiger partial charge in [0, 0.05) is 31.1 Å². The Kier molecular flexibility index (Phi) is 4.91. The fourth-order valence-corrected chi connectivity index (χ4v) is 4.19. The van der Waals surface area contributed by atoms with E-state index in [4.69, 9.17) is 4.52 Å². The van der Waals surface area contributed by atoms with E-state index < -0.39 is 0 Å². The molecule has 4 heterocycles. The van der Waals surface area contributed by atoms with Gasteiger partial charge in [-0.15, -0.1) is 22.7 Å². The molecule has 0 aromatic carbocycles. The normalized spacial score (nSPS) is 15.6. The Bertz CT molecular complexity index is 806. The van der Waals surface area contributed by atoms with E-state index in [2.05, 4.69) is 15.0 Å². The number of amides is 1. The Morgan fingerprint density at radius 3 is 2.64 bits per heavy atom. The second-order valence-corrected chi connectivity index (χ2v) is 7.88. The fraction of sp³-hybridized carbons (Fsp3) is 0.353. The Morgan fingerprint density at radius 1 is 1.12 bits per heavy atom. The van der Waals surface area contributed by atoms with E-state index in [1.807, 2.05) is 39.9 Å². The lowest BCUT2D eigenvalue weighted by molar-refractivity contribution is -0.132. The van der Waals surface area contributed by atoms with Crippen molar-refractivity contribution in [3.05, 3.63) is 45.8 Å². The first-order chi connectivity index (χ1) is 12.3. The molecule has 1 aliphatic rings. The van der Waals surface area contributed by atoms with Crippen molar-refractivity contribution in [3.8, 4) is 10.7 Å². The van der Waals surface area contributed by atoms with Crippen molar-refractivity contribution >= 4 is 28.6 Å². The number of hydrogen-bond acceptors (Lipinski definition) is 7. The van der Waals surface area contributed by atoms with Crippen LogP contribution in [-0.4, -0.2) is 52.0 Å². The first-order valence-electron chi connectivity index (χ1n) is 8.17. The molecule has 1 aliphatic heterocycles. The van der Waals surface area contributed by atoms with Gasteiger partial charge in [0.1, 0.15) is 0 Å². The highest BCUT2D eigenvalue weighted by molar-refractivity contribution is 7.13. The van der Waals surface area contributed by atoms with Crippen LogP contribution < -0.4 is 0 Å². The summed E-state index contributed by atoms with van der Waals surface area (Å²) >= 11 is 3.23. The zero-order valence-corrected chi connectivity index (χ0v) is 15.3. The Morgan fingerprint density at radius 2 is 1.92 bits per heavy atom. The summed E-state index contributed by atoms with van der Waals surface area (Å²) in [5.74, 6) is 1.48. The maximum Gasteiger partial charge on any atom is 0.241 e. The van der Waals surface area contributed by atoms with Crippen LogP contribution in [0.3, 0.4) is 0 Å². The van der Waals surface area contributed by atoms with Crippen LogP contribution in [0.5, 0.6) is 0 Å². The molecule has 3 aromatic rings. The first-order valence-corrected chi connectivity index (χ1v) is 9.93. The van der Waals surface area contributed by atoms with Gasteiger partial charge in [-0.2, -0.15) is 4.98 Å². The fourth-order valence-electron chi connectivity index (χ4n) is 2.85. The van der Waals surface area contributed by atoms with Crippen LogP contribution in [0.2, 0.25) is 0 Å². The van der Waals surface area contributed by atoms with E-state index >= 15 is 0 Å². The molecule has 25 heavy (non-hydrogen) atoms. The molecule has 0 aliphatic carbocycles. The van der Waals surface area contributed by atoms with Gasteiger partial charge in [0.2, 0.25) is 17.6 Å². The van der Waals surface area contributed by atoms with Gasteiger partial charge in [0.15, 0.2) is 0 Å². The molecule has 0 atom stereocenters. The minimum Gasteiger partial charge on any atom is -0.340 e. The summed E-state index contributed by atoms with van der Waals surface area (Å²) in [5, 5.41) is 8.05. The summed E-state index contributed by atoms with van der Waals surface area (Å²) in [6, 6.07) is 7.96. The molecule has 0 bridgehead atoms. The van der Waals surface area contributed by atoms with Gasteiger partial charge in [-0.1, -0.05) is 17.3 Å². The van der Waals surface area contributed by atoms with Crippen molar-refractivity contribution in [1.29, 1.82) is 0 Å². The lowest BCUT2D eigenvalue weighted by Gasteiger charge is -2.33. The molecule has 3 aromatic heterocycles. The standard InChI is InChI=1S/C17H18N4O2S2/c22-16(11-13-3-1-9-24-13)21-7-5-20(6-8-21)12-15-18-17(19-23-15)14-4-2-10-25-14/h1-4,9-10H,5-8,11-12H2. The SMILES string of the molecule is O=C(Cc1cccs1)N1CCN(Cc2nc(-c3cccs3)no2)CC1. The predicted octanol–water partition coefficient (Wildman–Crippen LogP) is 2.75. The predicted molar refractivity (Wildman–Crippen MR) is 97.5 cm³/mol. The number of rotatable bonds is 5. The molecule has 6 nitrogen and oxygen atoms in total. The van der Waals surface area contributed by atoms with Crippen LogP contribution >= 0.6 is 22.7 Å². The molecule has 1 saturated heterocycles. The molecule has 0 saturated carbocycles. The number of hydrogen-bond donors (Lipinski definition) is 0. The van der Waals surface area contributed by atoms with E-state index in [0.29, 0.717) is 24.7 Å². The third-order valence-corrected chi connectivity index (χ3v) is 5.94. The van der Waals surface area contributed by atoms with Crippen LogP contribution in [-0.2, 0) is 17.8 Å². The van der Waals surface area contributed by atoms with E-state index in [1.54, 1.807) is 22.7 Å². The maximum atomic E-state index is 12.3. The maximum absolute atomic E-state index is 12.3. The number of aromatic nitrogens is 2. The van der Waals surface area contributed by atoms with Crippen LogP contribution in [0.4, 0.5) is 0 Å². The zero-order chi connectivity index (χ0) is 17.1. The minimum absolute atomic E-state index is 0.208. The molecule has 0 radical (unpaired) electrons. The van der Waals surface area contributed by atoms with Gasteiger partial charge in [0.25, 0.3) is 0 Å². The molecule has 0 N–H and O–H groups in total. The van der Waals surface area contributed by atoms with E-state index in [-0.39, 0.29) is 5.91 Å². The topological polar surface area (TPSA) is 62.5 Å². The quantitative estimate of drug-likeness (QED) is 0.687. The Hall–Kier alpha value is -2.03. The van der Waals surface area contributed by atoms with Crippen LogP contribution in [0.15, 0.2) is 39.5 Å². The monoisotopic (exact) mass is 374 g/mol. The van der Waals surface area contributed by atoms with Gasteiger partial charge in [0.05, 0.1) is 17.8 Å². The van der Waals surface area contributed by atoms with Crippen molar-refractivity contribution in [2.24, 2.45) is 0 Å². The van der Waals surface area contributed by atoms with Crippen molar-refractivity contribution < 1.29 is 9.32 Å². The lowest BCUT2D eigenvalue weighted by Crippen LogP contribution is -2.48. The Balaban J connectivity index is 1.28. The summed E-state index contributed by atoms with van der Waals surface area (Å²) in [6.07, 6.45) is 0.505. The average molecular weight is 374 g/mol. The molecule has 130 valence electrons. The molecule has 0 spiro atoms. The third-order valence-electron chi connectivity index (χ3n) is 4.20. The zero-order valence-electron chi connectivity index (χ0n) is 13.6.